The van der Waals surface area contributed by atoms with E-state index in [4.69, 9.17) is 16.0 Å². The molecule has 0 aliphatic carbocycles. The van der Waals surface area contributed by atoms with Crippen LogP contribution in [-0.2, 0) is 6.42 Å². The molecule has 2 aromatic heterocycles. The van der Waals surface area contributed by atoms with Crippen molar-refractivity contribution in [1.29, 1.82) is 0 Å². The van der Waals surface area contributed by atoms with E-state index in [0.29, 0.717) is 22.2 Å². The van der Waals surface area contributed by atoms with Gasteiger partial charge in [-0.25, -0.2) is 0 Å². The van der Waals surface area contributed by atoms with Crippen molar-refractivity contribution in [3.8, 4) is 0 Å². The van der Waals surface area contributed by atoms with Crippen LogP contribution in [0.3, 0.4) is 0 Å². The number of carbonyl (C=O) groups excluding carboxylic acids is 1. The summed E-state index contributed by atoms with van der Waals surface area (Å²) in [7, 11) is 0. The Morgan fingerprint density at radius 2 is 2.00 bits per heavy atom. The summed E-state index contributed by atoms with van der Waals surface area (Å²) in [6, 6.07) is 12.6. The second kappa shape index (κ2) is 6.07. The Morgan fingerprint density at radius 1 is 1.19 bits per heavy atom. The van der Waals surface area contributed by atoms with E-state index in [1.165, 1.54) is 11.3 Å². The van der Waals surface area contributed by atoms with Gasteiger partial charge in [0.05, 0.1) is 10.8 Å². The first kappa shape index (κ1) is 13.8. The summed E-state index contributed by atoms with van der Waals surface area (Å²) < 4.78 is 6.11. The van der Waals surface area contributed by atoms with Crippen LogP contribution in [0.1, 0.15) is 21.1 Å². The molecule has 0 aliphatic rings. The number of carbonyl (C=O) groups is 1. The summed E-state index contributed by atoms with van der Waals surface area (Å²) >= 11 is 7.32. The zero-order valence-electron chi connectivity index (χ0n) is 10.7. The fourth-order valence-electron chi connectivity index (χ4n) is 1.73. The number of rotatable bonds is 4. The lowest BCUT2D eigenvalue weighted by Crippen LogP contribution is -2.11. The zero-order chi connectivity index (χ0) is 14.7. The third kappa shape index (κ3) is 3.48. The van der Waals surface area contributed by atoms with Gasteiger partial charge in [0.25, 0.3) is 5.91 Å². The molecule has 0 aliphatic heterocycles. The minimum atomic E-state index is -0.287. The maximum atomic E-state index is 11.9. The van der Waals surface area contributed by atoms with Gasteiger partial charge < -0.3 is 4.42 Å². The number of anilines is 1. The predicted octanol–water partition coefficient (Wildman–Crippen LogP) is 3.63. The van der Waals surface area contributed by atoms with Crippen molar-refractivity contribution in [2.75, 3.05) is 5.32 Å². The fraction of sp³-hybridized carbons (Fsp3) is 0.0714. The molecule has 106 valence electrons. The summed E-state index contributed by atoms with van der Waals surface area (Å²) in [5.74, 6) is 0.141. The summed E-state index contributed by atoms with van der Waals surface area (Å²) in [5, 5.41) is 10.3. The molecule has 1 aromatic carbocycles. The molecule has 3 rings (SSSR count). The number of benzene rings is 1. The third-order valence-electron chi connectivity index (χ3n) is 2.68. The van der Waals surface area contributed by atoms with Gasteiger partial charge in [-0.1, -0.05) is 34.9 Å². The van der Waals surface area contributed by atoms with Crippen molar-refractivity contribution >= 4 is 34.9 Å². The number of thiophene rings is 1. The van der Waals surface area contributed by atoms with Gasteiger partial charge in [0, 0.05) is 10.4 Å². The lowest BCUT2D eigenvalue weighted by atomic mass is 10.2. The van der Waals surface area contributed by atoms with Crippen LogP contribution >= 0.6 is 22.9 Å². The summed E-state index contributed by atoms with van der Waals surface area (Å²) in [6.07, 6.45) is 0.492. The largest absolute Gasteiger partial charge is 0.407 e. The van der Waals surface area contributed by atoms with Crippen LogP contribution in [0.15, 0.2) is 46.9 Å². The number of hydrogen-bond donors (Lipinski definition) is 1. The van der Waals surface area contributed by atoms with E-state index in [9.17, 15) is 4.79 Å². The van der Waals surface area contributed by atoms with E-state index in [-0.39, 0.29) is 11.9 Å². The van der Waals surface area contributed by atoms with Gasteiger partial charge in [-0.15, -0.1) is 16.4 Å². The highest BCUT2D eigenvalue weighted by atomic mass is 35.5. The first-order chi connectivity index (χ1) is 10.2. The number of amides is 1. The Morgan fingerprint density at radius 3 is 2.71 bits per heavy atom. The van der Waals surface area contributed by atoms with Crippen molar-refractivity contribution in [3.63, 3.8) is 0 Å². The van der Waals surface area contributed by atoms with E-state index < -0.39 is 0 Å². The first-order valence-electron chi connectivity index (χ1n) is 6.14. The molecule has 21 heavy (non-hydrogen) atoms. The van der Waals surface area contributed by atoms with E-state index in [0.717, 1.165) is 4.88 Å². The lowest BCUT2D eigenvalue weighted by Gasteiger charge is -1.99. The van der Waals surface area contributed by atoms with Crippen LogP contribution in [-0.4, -0.2) is 16.1 Å². The van der Waals surface area contributed by atoms with Crippen LogP contribution in [0.4, 0.5) is 6.01 Å². The SMILES string of the molecule is O=C(Nc1nnc(Cc2ccc(Cl)s2)o1)c1ccccc1. The van der Waals surface area contributed by atoms with Crippen molar-refractivity contribution in [1.82, 2.24) is 10.2 Å². The predicted molar refractivity (Wildman–Crippen MR) is 80.8 cm³/mol. The molecule has 1 N–H and O–H groups in total. The van der Waals surface area contributed by atoms with Gasteiger partial charge in [-0.2, -0.15) is 0 Å². The monoisotopic (exact) mass is 319 g/mol. The van der Waals surface area contributed by atoms with Crippen LogP contribution in [0, 0.1) is 0 Å². The van der Waals surface area contributed by atoms with E-state index in [2.05, 4.69) is 15.5 Å². The van der Waals surface area contributed by atoms with Gasteiger partial charge in [0.2, 0.25) is 5.89 Å². The number of nitrogens with one attached hydrogen (secondary N) is 1. The van der Waals surface area contributed by atoms with Gasteiger partial charge in [-0.3, -0.25) is 10.1 Å². The molecule has 0 fully saturated rings. The highest BCUT2D eigenvalue weighted by Gasteiger charge is 2.12. The van der Waals surface area contributed by atoms with Crippen molar-refractivity contribution in [3.05, 3.63) is 63.1 Å². The average molecular weight is 320 g/mol. The minimum absolute atomic E-state index is 0.0847. The molecule has 3 aromatic rings. The van der Waals surface area contributed by atoms with E-state index in [1.54, 1.807) is 24.3 Å². The Bertz CT molecular complexity index is 754. The Balaban J connectivity index is 1.66. The Kier molecular flexibility index (Phi) is 3.98. The number of halogens is 1. The molecule has 0 unspecified atom stereocenters. The number of nitrogens with zero attached hydrogens (tertiary/aromatic N) is 2. The maximum Gasteiger partial charge on any atom is 0.322 e. The number of aromatic nitrogens is 2. The minimum Gasteiger partial charge on any atom is -0.407 e. The molecule has 0 radical (unpaired) electrons. The quantitative estimate of drug-likeness (QED) is 0.797. The lowest BCUT2D eigenvalue weighted by molar-refractivity contribution is 0.102. The number of hydrogen-bond acceptors (Lipinski definition) is 5. The second-order valence-corrected chi connectivity index (χ2v) is 6.00. The molecule has 5 nitrogen and oxygen atoms in total. The Labute approximate surface area is 129 Å². The molecular formula is C14H10ClN3O2S. The van der Waals surface area contributed by atoms with Gasteiger partial charge in [-0.05, 0) is 24.3 Å². The summed E-state index contributed by atoms with van der Waals surface area (Å²) in [5.41, 5.74) is 0.530. The zero-order valence-corrected chi connectivity index (χ0v) is 12.3. The molecule has 0 bridgehead atoms. The Hall–Kier alpha value is -2.18. The van der Waals surface area contributed by atoms with Gasteiger partial charge >= 0.3 is 6.01 Å². The molecule has 2 heterocycles. The molecule has 0 saturated heterocycles. The van der Waals surface area contributed by atoms with Gasteiger partial charge in [0.1, 0.15) is 0 Å². The molecule has 1 amide bonds. The standard InChI is InChI=1S/C14H10ClN3O2S/c15-11-7-6-10(21-11)8-12-17-18-14(20-12)16-13(19)9-4-2-1-3-5-9/h1-7H,8H2,(H,16,18,19). The van der Waals surface area contributed by atoms with Crippen LogP contribution in [0.5, 0.6) is 0 Å². The van der Waals surface area contributed by atoms with E-state index in [1.807, 2.05) is 18.2 Å². The maximum absolute atomic E-state index is 11.9. The smallest absolute Gasteiger partial charge is 0.322 e. The van der Waals surface area contributed by atoms with Crippen molar-refractivity contribution < 1.29 is 9.21 Å². The summed E-state index contributed by atoms with van der Waals surface area (Å²) in [6.45, 7) is 0. The van der Waals surface area contributed by atoms with Gasteiger partial charge in [0.15, 0.2) is 0 Å². The third-order valence-corrected chi connectivity index (χ3v) is 3.91. The molecule has 0 saturated carbocycles. The molecule has 0 atom stereocenters. The fourth-order valence-corrected chi connectivity index (χ4v) is 2.81. The normalized spacial score (nSPS) is 10.5. The molecule has 0 spiro atoms. The van der Waals surface area contributed by atoms with Crippen LogP contribution < -0.4 is 5.32 Å². The van der Waals surface area contributed by atoms with Crippen LogP contribution in [0.2, 0.25) is 4.34 Å². The highest BCUT2D eigenvalue weighted by molar-refractivity contribution is 7.16. The first-order valence-corrected chi connectivity index (χ1v) is 7.33. The molecular weight excluding hydrogens is 310 g/mol. The van der Waals surface area contributed by atoms with E-state index >= 15 is 0 Å². The molecule has 7 heteroatoms. The topological polar surface area (TPSA) is 68.0 Å². The summed E-state index contributed by atoms with van der Waals surface area (Å²) in [4.78, 5) is 12.9. The highest BCUT2D eigenvalue weighted by Crippen LogP contribution is 2.23. The van der Waals surface area contributed by atoms with Crippen molar-refractivity contribution in [2.24, 2.45) is 0 Å². The second-order valence-electron chi connectivity index (χ2n) is 4.20. The van der Waals surface area contributed by atoms with Crippen LogP contribution in [0.25, 0.3) is 0 Å². The average Bonchev–Trinajstić information content (AvgIpc) is 3.09. The van der Waals surface area contributed by atoms with Crippen molar-refractivity contribution in [2.45, 2.75) is 6.42 Å².